The molecule has 0 radical (unpaired) electrons. The van der Waals surface area contributed by atoms with E-state index in [0.717, 1.165) is 0 Å². The molecule has 0 saturated heterocycles. The lowest BCUT2D eigenvalue weighted by Crippen LogP contribution is -2.43. The number of aliphatic carboxylic acids is 1. The van der Waals surface area contributed by atoms with Gasteiger partial charge in [0, 0.05) is 0 Å². The zero-order valence-electron chi connectivity index (χ0n) is 13.0. The first kappa shape index (κ1) is 17.7. The van der Waals surface area contributed by atoms with Crippen molar-refractivity contribution in [3.05, 3.63) is 71.8 Å². The van der Waals surface area contributed by atoms with Crippen molar-refractivity contribution in [1.29, 1.82) is 0 Å². The van der Waals surface area contributed by atoms with Crippen molar-refractivity contribution in [2.45, 2.75) is 18.1 Å². The second-order valence-electron chi connectivity index (χ2n) is 5.55. The van der Waals surface area contributed by atoms with Gasteiger partial charge in [0.2, 0.25) is 5.60 Å². The molecule has 0 spiro atoms. The minimum Gasteiger partial charge on any atom is -0.479 e. The molecule has 24 heavy (non-hydrogen) atoms. The average molecular weight is 330 g/mol. The van der Waals surface area contributed by atoms with Crippen LogP contribution >= 0.6 is 0 Å². The molecule has 0 fully saturated rings. The van der Waals surface area contributed by atoms with Gasteiger partial charge in [0.1, 0.15) is 6.61 Å². The van der Waals surface area contributed by atoms with Crippen LogP contribution in [0.25, 0.3) is 0 Å². The number of hydrogen-bond acceptors (Lipinski definition) is 5. The summed E-state index contributed by atoms with van der Waals surface area (Å²) in [5, 5.41) is 30.1. The molecule has 6 nitrogen and oxygen atoms in total. The maximum Gasteiger partial charge on any atom is 0.344 e. The summed E-state index contributed by atoms with van der Waals surface area (Å²) < 4.78 is 4.92. The average Bonchev–Trinajstić information content (AvgIpc) is 2.60. The number of carboxylic acids is 1. The maximum atomic E-state index is 12.2. The Morgan fingerprint density at radius 3 is 1.83 bits per heavy atom. The van der Waals surface area contributed by atoms with Crippen molar-refractivity contribution in [2.24, 2.45) is 0 Å². The molecule has 2 unspecified atom stereocenters. The van der Waals surface area contributed by atoms with Crippen LogP contribution in [0.15, 0.2) is 60.7 Å². The third-order valence-corrected chi connectivity index (χ3v) is 3.75. The first-order valence-corrected chi connectivity index (χ1v) is 7.25. The number of rotatable bonds is 6. The summed E-state index contributed by atoms with van der Waals surface area (Å²) >= 11 is 0. The van der Waals surface area contributed by atoms with Crippen LogP contribution in [-0.2, 0) is 25.5 Å². The molecule has 0 heterocycles. The summed E-state index contributed by atoms with van der Waals surface area (Å²) in [6, 6.07) is 15.7. The minimum absolute atomic E-state index is 0.0738. The number of hydrogen-bond donors (Lipinski definition) is 3. The van der Waals surface area contributed by atoms with Gasteiger partial charge in [-0.25, -0.2) is 9.59 Å². The van der Waals surface area contributed by atoms with E-state index in [1.165, 1.54) is 19.1 Å². The monoisotopic (exact) mass is 330 g/mol. The molecule has 2 aromatic carbocycles. The van der Waals surface area contributed by atoms with Crippen molar-refractivity contribution in [2.75, 3.05) is 6.61 Å². The highest BCUT2D eigenvalue weighted by atomic mass is 16.6. The van der Waals surface area contributed by atoms with Crippen LogP contribution < -0.4 is 0 Å². The van der Waals surface area contributed by atoms with Crippen LogP contribution in [0, 0.1) is 0 Å². The Bertz CT molecular complexity index is 711. The van der Waals surface area contributed by atoms with Gasteiger partial charge in [-0.05, 0) is 18.1 Å². The lowest BCUT2D eigenvalue weighted by molar-refractivity contribution is -0.181. The van der Waals surface area contributed by atoms with E-state index < -0.39 is 29.7 Å². The summed E-state index contributed by atoms with van der Waals surface area (Å²) in [6.07, 6.45) is 0. The van der Waals surface area contributed by atoms with E-state index >= 15 is 0 Å². The molecule has 126 valence electrons. The van der Waals surface area contributed by atoms with E-state index in [4.69, 9.17) is 4.74 Å². The topological polar surface area (TPSA) is 104 Å². The Morgan fingerprint density at radius 2 is 1.38 bits per heavy atom. The molecule has 3 N–H and O–H groups in total. The number of ether oxygens (including phenoxy) is 1. The Labute approximate surface area is 138 Å². The van der Waals surface area contributed by atoms with Crippen LogP contribution in [0.1, 0.15) is 18.1 Å². The van der Waals surface area contributed by atoms with Crippen LogP contribution in [0.3, 0.4) is 0 Å². The molecule has 0 aliphatic carbocycles. The van der Waals surface area contributed by atoms with E-state index in [1.807, 2.05) is 0 Å². The minimum atomic E-state index is -2.40. The SMILES string of the molecule is CC(O)(C(=O)OCC(O)(C(=O)O)c1ccccc1)c1ccccc1. The highest BCUT2D eigenvalue weighted by Crippen LogP contribution is 2.26. The predicted octanol–water partition coefficient (Wildman–Crippen LogP) is 1.41. The lowest BCUT2D eigenvalue weighted by atomic mass is 9.94. The predicted molar refractivity (Wildman–Crippen MR) is 84.9 cm³/mol. The number of carboxylic acid groups (broad SMARTS) is 1. The van der Waals surface area contributed by atoms with Crippen LogP contribution in [0.4, 0.5) is 0 Å². The van der Waals surface area contributed by atoms with E-state index in [1.54, 1.807) is 48.5 Å². The number of benzene rings is 2. The zero-order chi connectivity index (χ0) is 17.8. The van der Waals surface area contributed by atoms with Gasteiger partial charge < -0.3 is 20.1 Å². The Hall–Kier alpha value is -2.70. The molecule has 0 saturated carbocycles. The second-order valence-corrected chi connectivity index (χ2v) is 5.55. The molecule has 6 heteroatoms. The smallest absolute Gasteiger partial charge is 0.344 e. The molecule has 0 aliphatic rings. The maximum absolute atomic E-state index is 12.2. The molecular weight excluding hydrogens is 312 g/mol. The van der Waals surface area contributed by atoms with Crippen molar-refractivity contribution in [3.8, 4) is 0 Å². The number of esters is 1. The van der Waals surface area contributed by atoms with E-state index in [9.17, 15) is 24.9 Å². The normalized spacial score (nSPS) is 15.8. The Balaban J connectivity index is 2.18. The number of carbonyl (C=O) groups is 2. The van der Waals surface area contributed by atoms with Gasteiger partial charge in [-0.2, -0.15) is 0 Å². The molecule has 0 amide bonds. The molecule has 0 bridgehead atoms. The zero-order valence-corrected chi connectivity index (χ0v) is 13.0. The summed E-state index contributed by atoms with van der Waals surface area (Å²) in [5.41, 5.74) is -3.99. The van der Waals surface area contributed by atoms with Crippen molar-refractivity contribution >= 4 is 11.9 Å². The van der Waals surface area contributed by atoms with Gasteiger partial charge in [-0.1, -0.05) is 60.7 Å². The Morgan fingerprint density at radius 1 is 0.917 bits per heavy atom. The first-order chi connectivity index (χ1) is 11.3. The first-order valence-electron chi connectivity index (χ1n) is 7.25. The van der Waals surface area contributed by atoms with E-state index in [-0.39, 0.29) is 5.56 Å². The lowest BCUT2D eigenvalue weighted by Gasteiger charge is -2.27. The molecular formula is C18H18O6. The van der Waals surface area contributed by atoms with E-state index in [0.29, 0.717) is 5.56 Å². The van der Waals surface area contributed by atoms with Gasteiger partial charge in [0.25, 0.3) is 0 Å². The molecule has 2 rings (SSSR count). The summed E-state index contributed by atoms with van der Waals surface area (Å²) in [5.74, 6) is -2.61. The van der Waals surface area contributed by atoms with Crippen molar-refractivity contribution in [1.82, 2.24) is 0 Å². The molecule has 2 atom stereocenters. The number of carbonyl (C=O) groups excluding carboxylic acids is 1. The van der Waals surface area contributed by atoms with Gasteiger partial charge in [-0.3, -0.25) is 0 Å². The second kappa shape index (κ2) is 6.82. The quantitative estimate of drug-likeness (QED) is 0.692. The summed E-state index contributed by atoms with van der Waals surface area (Å²) in [6.45, 7) is 0.418. The summed E-state index contributed by atoms with van der Waals surface area (Å²) in [4.78, 5) is 23.6. The molecule has 0 aromatic heterocycles. The Kier molecular flexibility index (Phi) is 5.02. The molecule has 2 aromatic rings. The summed E-state index contributed by atoms with van der Waals surface area (Å²) in [7, 11) is 0. The fourth-order valence-electron chi connectivity index (χ4n) is 2.17. The highest BCUT2D eigenvalue weighted by Gasteiger charge is 2.42. The van der Waals surface area contributed by atoms with Crippen LogP contribution in [0.5, 0.6) is 0 Å². The standard InChI is InChI=1S/C18H18O6/c1-17(22,13-8-4-2-5-9-13)16(21)24-12-18(23,15(19)20)14-10-6-3-7-11-14/h2-11,22-23H,12H2,1H3,(H,19,20). The van der Waals surface area contributed by atoms with Gasteiger partial charge in [-0.15, -0.1) is 0 Å². The van der Waals surface area contributed by atoms with Crippen molar-refractivity contribution in [3.63, 3.8) is 0 Å². The van der Waals surface area contributed by atoms with Crippen molar-refractivity contribution < 1.29 is 29.6 Å². The third-order valence-electron chi connectivity index (χ3n) is 3.75. The number of aliphatic hydroxyl groups is 2. The van der Waals surface area contributed by atoms with Crippen LogP contribution in [-0.4, -0.2) is 33.9 Å². The molecule has 0 aliphatic heterocycles. The van der Waals surface area contributed by atoms with Gasteiger partial charge in [0.15, 0.2) is 5.60 Å². The fourth-order valence-corrected chi connectivity index (χ4v) is 2.17. The third kappa shape index (κ3) is 3.45. The fraction of sp³-hybridized carbons (Fsp3) is 0.222. The van der Waals surface area contributed by atoms with Gasteiger partial charge in [0.05, 0.1) is 0 Å². The highest BCUT2D eigenvalue weighted by molar-refractivity contribution is 5.82. The van der Waals surface area contributed by atoms with E-state index in [2.05, 4.69) is 0 Å². The van der Waals surface area contributed by atoms with Gasteiger partial charge >= 0.3 is 11.9 Å². The largest absolute Gasteiger partial charge is 0.479 e. The van der Waals surface area contributed by atoms with Crippen LogP contribution in [0.2, 0.25) is 0 Å².